The molecule has 0 fully saturated rings. The maximum absolute atomic E-state index is 12.0. The monoisotopic (exact) mass is 281 g/mol. The molecular weight excluding hydrogens is 262 g/mol. The summed E-state index contributed by atoms with van der Waals surface area (Å²) >= 11 is 0. The van der Waals surface area contributed by atoms with Crippen LogP contribution in [0.2, 0.25) is 0 Å². The fourth-order valence-electron chi connectivity index (χ4n) is 2.27. The summed E-state index contributed by atoms with van der Waals surface area (Å²) in [5.74, 6) is 0.00659. The zero-order valence-electron chi connectivity index (χ0n) is 11.1. The molecule has 0 spiro atoms. The molecule has 0 atom stereocenters. The van der Waals surface area contributed by atoms with E-state index in [1.165, 1.54) is 5.56 Å². The molecule has 1 N–H and O–H groups in total. The molecule has 1 aromatic carbocycles. The maximum Gasteiger partial charge on any atom is 0.163 e. The van der Waals surface area contributed by atoms with E-state index in [1.807, 2.05) is 19.1 Å². The average Bonchev–Trinajstić information content (AvgIpc) is 2.83. The molecule has 1 aliphatic heterocycles. The molecule has 0 amide bonds. The van der Waals surface area contributed by atoms with Crippen molar-refractivity contribution in [3.63, 3.8) is 0 Å². The van der Waals surface area contributed by atoms with E-state index >= 15 is 0 Å². The summed E-state index contributed by atoms with van der Waals surface area (Å²) in [5.41, 5.74) is 2.82. The number of rotatable bonds is 6. The largest absolute Gasteiger partial charge is 0.384 e. The van der Waals surface area contributed by atoms with Crippen LogP contribution in [-0.4, -0.2) is 32.3 Å². The third kappa shape index (κ3) is 3.56. The number of ketones is 1. The Balaban J connectivity index is 2.01. The molecule has 19 heavy (non-hydrogen) atoms. The van der Waals surface area contributed by atoms with Crippen molar-refractivity contribution < 1.29 is 13.2 Å². The van der Waals surface area contributed by atoms with E-state index in [4.69, 9.17) is 0 Å². The van der Waals surface area contributed by atoms with Gasteiger partial charge in [-0.15, -0.1) is 0 Å². The minimum absolute atomic E-state index is 0.0514. The van der Waals surface area contributed by atoms with Crippen molar-refractivity contribution in [2.24, 2.45) is 0 Å². The number of fused-ring (bicyclic) bond motifs is 1. The number of anilines is 1. The minimum Gasteiger partial charge on any atom is -0.384 e. The molecule has 1 aromatic rings. The lowest BCUT2D eigenvalue weighted by Crippen LogP contribution is -2.14. The third-order valence-electron chi connectivity index (χ3n) is 3.30. The van der Waals surface area contributed by atoms with Gasteiger partial charge in [-0.3, -0.25) is 4.79 Å². The zero-order chi connectivity index (χ0) is 13.9. The summed E-state index contributed by atoms with van der Waals surface area (Å²) in [6.07, 6.45) is 1.65. The number of hydrogen-bond acceptors (Lipinski definition) is 4. The van der Waals surface area contributed by atoms with Gasteiger partial charge in [0.15, 0.2) is 15.6 Å². The van der Waals surface area contributed by atoms with Crippen LogP contribution in [0.4, 0.5) is 5.69 Å². The summed E-state index contributed by atoms with van der Waals surface area (Å²) < 4.78 is 23.2. The normalized spacial score (nSPS) is 13.9. The smallest absolute Gasteiger partial charge is 0.163 e. The second kappa shape index (κ2) is 5.74. The lowest BCUT2D eigenvalue weighted by molar-refractivity contribution is 0.0989. The first-order chi connectivity index (χ1) is 9.02. The molecule has 0 radical (unpaired) electrons. The van der Waals surface area contributed by atoms with Gasteiger partial charge in [0.25, 0.3) is 0 Å². The number of benzene rings is 1. The molecule has 0 aliphatic carbocycles. The highest BCUT2D eigenvalue weighted by molar-refractivity contribution is 7.91. The van der Waals surface area contributed by atoms with Crippen molar-refractivity contribution >= 4 is 21.3 Å². The number of hydrogen-bond donors (Lipinski definition) is 1. The van der Waals surface area contributed by atoms with E-state index in [9.17, 15) is 13.2 Å². The van der Waals surface area contributed by atoms with E-state index in [-0.39, 0.29) is 23.7 Å². The second-order valence-corrected chi connectivity index (χ2v) is 7.18. The van der Waals surface area contributed by atoms with Crippen molar-refractivity contribution in [1.29, 1.82) is 0 Å². The highest BCUT2D eigenvalue weighted by Gasteiger charge is 2.16. The van der Waals surface area contributed by atoms with Gasteiger partial charge in [-0.1, -0.05) is 19.1 Å². The van der Waals surface area contributed by atoms with E-state index in [1.54, 1.807) is 6.07 Å². The fourth-order valence-corrected chi connectivity index (χ4v) is 3.59. The fraction of sp³-hybridized carbons (Fsp3) is 0.500. The van der Waals surface area contributed by atoms with E-state index < -0.39 is 9.84 Å². The first kappa shape index (κ1) is 14.1. The Morgan fingerprint density at radius 3 is 2.84 bits per heavy atom. The van der Waals surface area contributed by atoms with E-state index in [2.05, 4.69) is 5.32 Å². The van der Waals surface area contributed by atoms with E-state index in [0.29, 0.717) is 12.0 Å². The van der Waals surface area contributed by atoms with Gasteiger partial charge in [0.2, 0.25) is 0 Å². The summed E-state index contributed by atoms with van der Waals surface area (Å²) in [7, 11) is -3.08. The quantitative estimate of drug-likeness (QED) is 0.811. The zero-order valence-corrected chi connectivity index (χ0v) is 11.9. The lowest BCUT2D eigenvalue weighted by atomic mass is 10.0. The van der Waals surface area contributed by atoms with E-state index in [0.717, 1.165) is 18.7 Å². The molecular formula is C14H19NO3S. The molecule has 1 aliphatic rings. The van der Waals surface area contributed by atoms with Gasteiger partial charge < -0.3 is 5.32 Å². The summed E-state index contributed by atoms with van der Waals surface area (Å²) in [6, 6.07) is 5.57. The predicted molar refractivity (Wildman–Crippen MR) is 76.5 cm³/mol. The predicted octanol–water partition coefficient (Wildman–Crippen LogP) is 2.05. The third-order valence-corrected chi connectivity index (χ3v) is 5.15. The SMILES string of the molecule is CCCS(=O)(=O)CCC(=O)c1ccc2c(c1)NCC2. The van der Waals surface area contributed by atoms with Crippen LogP contribution in [0.25, 0.3) is 0 Å². The minimum atomic E-state index is -3.08. The number of carbonyl (C=O) groups is 1. The van der Waals surface area contributed by atoms with Crippen LogP contribution < -0.4 is 5.32 Å². The average molecular weight is 281 g/mol. The lowest BCUT2D eigenvalue weighted by Gasteiger charge is -2.05. The van der Waals surface area contributed by atoms with Gasteiger partial charge in [0.05, 0.1) is 5.75 Å². The molecule has 104 valence electrons. The number of Topliss-reactive ketones (excluding diaryl/α,β-unsaturated/α-hetero) is 1. The summed E-state index contributed by atoms with van der Waals surface area (Å²) in [5, 5.41) is 3.22. The van der Waals surface area contributed by atoms with Crippen LogP contribution in [-0.2, 0) is 16.3 Å². The Morgan fingerprint density at radius 2 is 2.11 bits per heavy atom. The van der Waals surface area contributed by atoms with Crippen molar-refractivity contribution in [2.75, 3.05) is 23.4 Å². The Hall–Kier alpha value is -1.36. The number of nitrogens with one attached hydrogen (secondary N) is 1. The van der Waals surface area contributed by atoms with Gasteiger partial charge in [-0.25, -0.2) is 8.42 Å². The summed E-state index contributed by atoms with van der Waals surface area (Å²) in [6.45, 7) is 2.73. The van der Waals surface area contributed by atoms with Gasteiger partial charge in [0.1, 0.15) is 0 Å². The van der Waals surface area contributed by atoms with Crippen LogP contribution in [0.15, 0.2) is 18.2 Å². The molecule has 0 saturated heterocycles. The molecule has 0 unspecified atom stereocenters. The van der Waals surface area contributed by atoms with Crippen LogP contribution >= 0.6 is 0 Å². The van der Waals surface area contributed by atoms with Crippen molar-refractivity contribution in [2.45, 2.75) is 26.2 Å². The Labute approximate surface area is 114 Å². The Morgan fingerprint density at radius 1 is 1.32 bits per heavy atom. The Bertz CT molecular complexity index is 578. The highest BCUT2D eigenvalue weighted by atomic mass is 32.2. The molecule has 1 heterocycles. The number of carbonyl (C=O) groups excluding carboxylic acids is 1. The van der Waals surface area contributed by atoms with Crippen molar-refractivity contribution in [1.82, 2.24) is 0 Å². The first-order valence-electron chi connectivity index (χ1n) is 6.62. The second-order valence-electron chi connectivity index (χ2n) is 4.87. The first-order valence-corrected chi connectivity index (χ1v) is 8.44. The Kier molecular flexibility index (Phi) is 4.24. The van der Waals surface area contributed by atoms with Gasteiger partial charge in [0, 0.05) is 30.0 Å². The molecule has 0 aromatic heterocycles. The van der Waals surface area contributed by atoms with Crippen LogP contribution in [0.5, 0.6) is 0 Å². The topological polar surface area (TPSA) is 63.2 Å². The molecule has 0 saturated carbocycles. The highest BCUT2D eigenvalue weighted by Crippen LogP contribution is 2.23. The molecule has 2 rings (SSSR count). The van der Waals surface area contributed by atoms with Crippen LogP contribution in [0, 0.1) is 0 Å². The summed E-state index contributed by atoms with van der Waals surface area (Å²) in [4.78, 5) is 12.0. The molecule has 0 bridgehead atoms. The standard InChI is InChI=1S/C14H19NO3S/c1-2-8-19(17,18)9-6-14(16)12-4-3-11-5-7-15-13(11)10-12/h3-4,10,15H,2,5-9H2,1H3. The van der Waals surface area contributed by atoms with Crippen molar-refractivity contribution in [3.05, 3.63) is 29.3 Å². The van der Waals surface area contributed by atoms with Crippen molar-refractivity contribution in [3.8, 4) is 0 Å². The maximum atomic E-state index is 12.0. The van der Waals surface area contributed by atoms with Crippen LogP contribution in [0.3, 0.4) is 0 Å². The van der Waals surface area contributed by atoms with Gasteiger partial charge in [-0.05, 0) is 24.5 Å². The van der Waals surface area contributed by atoms with Crippen LogP contribution in [0.1, 0.15) is 35.7 Å². The van der Waals surface area contributed by atoms with Gasteiger partial charge in [-0.2, -0.15) is 0 Å². The molecule has 4 nitrogen and oxygen atoms in total. The number of sulfone groups is 1. The molecule has 5 heteroatoms. The van der Waals surface area contributed by atoms with Gasteiger partial charge >= 0.3 is 0 Å².